The summed E-state index contributed by atoms with van der Waals surface area (Å²) in [4.78, 5) is 28.0. The normalized spacial score (nSPS) is 15.9. The summed E-state index contributed by atoms with van der Waals surface area (Å²) >= 11 is 12.0. The minimum atomic E-state index is -0.619. The fourth-order valence-corrected chi connectivity index (χ4v) is 4.18. The Morgan fingerprint density at radius 1 is 1.09 bits per heavy atom. The highest BCUT2D eigenvalue weighted by molar-refractivity contribution is 6.42. The number of ether oxygens (including phenoxy) is 1. The van der Waals surface area contributed by atoms with Gasteiger partial charge in [-0.3, -0.25) is 9.59 Å². The third kappa shape index (κ3) is 4.82. The molecule has 1 aliphatic heterocycles. The highest BCUT2D eigenvalue weighted by atomic mass is 35.5. The van der Waals surface area contributed by atoms with Gasteiger partial charge in [-0.05, 0) is 68.7 Å². The van der Waals surface area contributed by atoms with Gasteiger partial charge in [0, 0.05) is 12.2 Å². The third-order valence-electron chi connectivity index (χ3n) is 5.67. The van der Waals surface area contributed by atoms with Gasteiger partial charge in [-0.1, -0.05) is 28.4 Å². The van der Waals surface area contributed by atoms with E-state index in [2.05, 4.69) is 15.6 Å². The van der Waals surface area contributed by atoms with Gasteiger partial charge in [0.15, 0.2) is 5.69 Å². The van der Waals surface area contributed by atoms with Crippen LogP contribution in [0, 0.1) is 6.92 Å². The Bertz CT molecular complexity index is 1180. The smallest absolute Gasteiger partial charge is 0.277 e. The summed E-state index contributed by atoms with van der Waals surface area (Å²) in [7, 11) is 1.60. The maximum atomic E-state index is 13.4. The van der Waals surface area contributed by atoms with Gasteiger partial charge in [0.05, 0.1) is 28.5 Å². The van der Waals surface area contributed by atoms with Gasteiger partial charge in [-0.25, -0.2) is 4.68 Å². The van der Waals surface area contributed by atoms with E-state index < -0.39 is 6.04 Å². The molecule has 0 spiro atoms. The number of halogens is 2. The molecule has 1 N–H and O–H groups in total. The van der Waals surface area contributed by atoms with Crippen LogP contribution in [0.5, 0.6) is 5.75 Å². The SMILES string of the molecule is COc1ccc(-n2nnc(C(=O)N3CCCCC3C(=O)Nc3ccc(Cl)c(Cl)c3)c2C)cc1. The van der Waals surface area contributed by atoms with Gasteiger partial charge in [-0.15, -0.1) is 5.10 Å². The summed E-state index contributed by atoms with van der Waals surface area (Å²) in [5, 5.41) is 11.9. The highest BCUT2D eigenvalue weighted by Gasteiger charge is 2.35. The topological polar surface area (TPSA) is 89.3 Å². The van der Waals surface area contributed by atoms with Crippen molar-refractivity contribution in [1.82, 2.24) is 19.9 Å². The number of nitrogens with zero attached hydrogens (tertiary/aromatic N) is 4. The van der Waals surface area contributed by atoms with Crippen LogP contribution in [0.25, 0.3) is 5.69 Å². The zero-order valence-corrected chi connectivity index (χ0v) is 19.7. The molecule has 10 heteroatoms. The predicted molar refractivity (Wildman–Crippen MR) is 126 cm³/mol. The van der Waals surface area contributed by atoms with Crippen LogP contribution >= 0.6 is 23.2 Å². The third-order valence-corrected chi connectivity index (χ3v) is 6.41. The summed E-state index contributed by atoms with van der Waals surface area (Å²) in [5.41, 5.74) is 2.10. The van der Waals surface area contributed by atoms with Crippen molar-refractivity contribution in [2.75, 3.05) is 19.0 Å². The monoisotopic (exact) mass is 487 g/mol. The van der Waals surface area contributed by atoms with Gasteiger partial charge < -0.3 is 15.0 Å². The van der Waals surface area contributed by atoms with Crippen LogP contribution in [0.1, 0.15) is 35.4 Å². The van der Waals surface area contributed by atoms with Crippen molar-refractivity contribution in [1.29, 1.82) is 0 Å². The zero-order chi connectivity index (χ0) is 23.5. The molecule has 1 atom stereocenters. The first kappa shape index (κ1) is 23.1. The molecule has 172 valence electrons. The van der Waals surface area contributed by atoms with Gasteiger partial charge in [0.2, 0.25) is 5.91 Å². The number of anilines is 1. The molecule has 4 rings (SSSR count). The standard InChI is InChI=1S/C23H23Cl2N5O3/c1-14-21(27-28-30(14)16-7-9-17(33-2)10-8-16)23(32)29-12-4-3-5-20(29)22(31)26-15-6-11-18(24)19(25)13-15/h6-11,13,20H,3-5,12H2,1-2H3,(H,26,31). The zero-order valence-electron chi connectivity index (χ0n) is 18.2. The van der Waals surface area contributed by atoms with Gasteiger partial charge in [0.1, 0.15) is 11.8 Å². The van der Waals surface area contributed by atoms with Gasteiger partial charge >= 0.3 is 0 Å². The number of piperidine rings is 1. The molecule has 2 aromatic carbocycles. The first-order valence-corrected chi connectivity index (χ1v) is 11.3. The van der Waals surface area contributed by atoms with Crippen molar-refractivity contribution in [3.63, 3.8) is 0 Å². The molecule has 0 radical (unpaired) electrons. The number of carbonyl (C=O) groups excluding carboxylic acids is 2. The molecule has 33 heavy (non-hydrogen) atoms. The maximum absolute atomic E-state index is 13.4. The number of carbonyl (C=O) groups is 2. The molecule has 1 saturated heterocycles. The number of methoxy groups -OCH3 is 1. The fraction of sp³-hybridized carbons (Fsp3) is 0.304. The molecule has 0 bridgehead atoms. The molecule has 1 unspecified atom stereocenters. The Labute approximate surface area is 201 Å². The molecular weight excluding hydrogens is 465 g/mol. The summed E-state index contributed by atoms with van der Waals surface area (Å²) in [6, 6.07) is 11.5. The molecule has 8 nitrogen and oxygen atoms in total. The molecule has 2 heterocycles. The molecule has 1 aliphatic rings. The molecule has 2 amide bonds. The Morgan fingerprint density at radius 2 is 1.85 bits per heavy atom. The van der Waals surface area contributed by atoms with E-state index in [1.165, 1.54) is 0 Å². The fourth-order valence-electron chi connectivity index (χ4n) is 3.88. The Kier molecular flexibility index (Phi) is 6.85. The Hall–Kier alpha value is -3.10. The molecule has 3 aromatic rings. The van der Waals surface area contributed by atoms with Crippen LogP contribution < -0.4 is 10.1 Å². The Balaban J connectivity index is 1.55. The van der Waals surface area contributed by atoms with Crippen molar-refractivity contribution in [2.24, 2.45) is 0 Å². The van der Waals surface area contributed by atoms with Crippen molar-refractivity contribution < 1.29 is 14.3 Å². The van der Waals surface area contributed by atoms with E-state index in [1.807, 2.05) is 24.3 Å². The highest BCUT2D eigenvalue weighted by Crippen LogP contribution is 2.27. The minimum absolute atomic E-state index is 0.222. The summed E-state index contributed by atoms with van der Waals surface area (Å²) < 4.78 is 6.79. The van der Waals surface area contributed by atoms with Crippen LogP contribution in [0.3, 0.4) is 0 Å². The van der Waals surface area contributed by atoms with Crippen LogP contribution in [0.15, 0.2) is 42.5 Å². The quantitative estimate of drug-likeness (QED) is 0.571. The molecule has 1 fully saturated rings. The van der Waals surface area contributed by atoms with Crippen LogP contribution in [-0.2, 0) is 4.79 Å². The van der Waals surface area contributed by atoms with E-state index in [4.69, 9.17) is 27.9 Å². The summed E-state index contributed by atoms with van der Waals surface area (Å²) in [6.45, 7) is 2.25. The molecular formula is C23H23Cl2N5O3. The second kappa shape index (κ2) is 9.80. The number of hydrogen-bond donors (Lipinski definition) is 1. The lowest BCUT2D eigenvalue weighted by Gasteiger charge is -2.34. The lowest BCUT2D eigenvalue weighted by atomic mass is 10.0. The molecule has 1 aromatic heterocycles. The number of benzene rings is 2. The second-order valence-corrected chi connectivity index (χ2v) is 8.58. The van der Waals surface area contributed by atoms with Crippen molar-refractivity contribution in [3.8, 4) is 11.4 Å². The van der Waals surface area contributed by atoms with Gasteiger partial charge in [0.25, 0.3) is 5.91 Å². The number of nitrogens with one attached hydrogen (secondary N) is 1. The van der Waals surface area contributed by atoms with E-state index in [0.717, 1.165) is 24.3 Å². The first-order valence-electron chi connectivity index (χ1n) is 10.5. The second-order valence-electron chi connectivity index (χ2n) is 7.76. The van der Waals surface area contributed by atoms with Crippen LogP contribution in [-0.4, -0.2) is 51.4 Å². The average molecular weight is 488 g/mol. The predicted octanol–water partition coefficient (Wildman–Crippen LogP) is 4.52. The number of aromatic nitrogens is 3. The number of hydrogen-bond acceptors (Lipinski definition) is 5. The van der Waals surface area contributed by atoms with E-state index in [1.54, 1.807) is 41.8 Å². The molecule has 0 aliphatic carbocycles. The van der Waals surface area contributed by atoms with Gasteiger partial charge in [-0.2, -0.15) is 0 Å². The summed E-state index contributed by atoms with van der Waals surface area (Å²) in [6.07, 6.45) is 2.22. The van der Waals surface area contributed by atoms with Crippen LogP contribution in [0.2, 0.25) is 10.0 Å². The van der Waals surface area contributed by atoms with E-state index in [-0.39, 0.29) is 17.5 Å². The lowest BCUT2D eigenvalue weighted by molar-refractivity contribution is -0.121. The molecule has 0 saturated carbocycles. The largest absolute Gasteiger partial charge is 0.497 e. The Morgan fingerprint density at radius 3 is 2.55 bits per heavy atom. The average Bonchev–Trinajstić information content (AvgIpc) is 3.22. The van der Waals surface area contributed by atoms with E-state index in [0.29, 0.717) is 34.4 Å². The van der Waals surface area contributed by atoms with Crippen molar-refractivity contribution >= 4 is 40.7 Å². The lowest BCUT2D eigenvalue weighted by Crippen LogP contribution is -2.50. The number of amides is 2. The number of rotatable bonds is 5. The summed E-state index contributed by atoms with van der Waals surface area (Å²) in [5.74, 6) is 0.125. The van der Waals surface area contributed by atoms with E-state index in [9.17, 15) is 9.59 Å². The van der Waals surface area contributed by atoms with Crippen molar-refractivity contribution in [3.05, 3.63) is 63.9 Å². The van der Waals surface area contributed by atoms with Crippen molar-refractivity contribution in [2.45, 2.75) is 32.2 Å². The van der Waals surface area contributed by atoms with Crippen LogP contribution in [0.4, 0.5) is 5.69 Å². The first-order chi connectivity index (χ1) is 15.9. The minimum Gasteiger partial charge on any atom is -0.497 e. The maximum Gasteiger partial charge on any atom is 0.277 e. The van der Waals surface area contributed by atoms with E-state index >= 15 is 0 Å². The number of likely N-dealkylation sites (tertiary alicyclic amines) is 1.